The van der Waals surface area contributed by atoms with Crippen LogP contribution in [0.1, 0.15) is 107 Å². The molecule has 450 valence electrons. The second-order valence-corrected chi connectivity index (χ2v) is 20.9. The molecule has 1 aliphatic rings. The molecule has 0 bridgehead atoms. The number of pyridine rings is 1. The van der Waals surface area contributed by atoms with E-state index in [1.54, 1.807) is 48.7 Å². The molecule has 83 heavy (non-hydrogen) atoms. The molecule has 2 aromatic heterocycles. The van der Waals surface area contributed by atoms with E-state index in [9.17, 15) is 43.2 Å². The lowest BCUT2D eigenvalue weighted by Crippen LogP contribution is -2.61. The summed E-state index contributed by atoms with van der Waals surface area (Å²) in [6.45, 7) is 3.05. The van der Waals surface area contributed by atoms with Crippen molar-refractivity contribution in [3.8, 4) is 0 Å². The normalized spacial score (nSPS) is 21.3. The summed E-state index contributed by atoms with van der Waals surface area (Å²) < 4.78 is 0. The Balaban J connectivity index is 1.55. The summed E-state index contributed by atoms with van der Waals surface area (Å²) in [6, 6.07) is 9.33. The third kappa shape index (κ3) is 22.5. The molecule has 0 unspecified atom stereocenters. The van der Waals surface area contributed by atoms with Gasteiger partial charge in [-0.2, -0.15) is 0 Å². The van der Waals surface area contributed by atoms with E-state index in [-0.39, 0.29) is 95.5 Å². The fourth-order valence-electron chi connectivity index (χ4n) is 9.54. The Morgan fingerprint density at radius 3 is 2.01 bits per heavy atom. The number of aromatic nitrogens is 2. The van der Waals surface area contributed by atoms with Gasteiger partial charge in [0.2, 0.25) is 47.3 Å². The number of ketones is 1. The average Bonchev–Trinajstić information content (AvgIpc) is 4.12. The molecule has 25 nitrogen and oxygen atoms in total. The van der Waals surface area contributed by atoms with Crippen molar-refractivity contribution >= 4 is 69.9 Å². The van der Waals surface area contributed by atoms with E-state index in [4.69, 9.17) is 28.7 Å². The Labute approximate surface area is 483 Å². The Morgan fingerprint density at radius 1 is 0.687 bits per heavy atom. The zero-order valence-electron chi connectivity index (χ0n) is 47.3. The third-order valence-corrected chi connectivity index (χ3v) is 14.2. The zero-order chi connectivity index (χ0) is 60.1. The van der Waals surface area contributed by atoms with Crippen molar-refractivity contribution in [2.45, 2.75) is 158 Å². The van der Waals surface area contributed by atoms with Gasteiger partial charge in [0, 0.05) is 68.1 Å². The Hall–Kier alpha value is -8.29. The number of nitrogens with zero attached hydrogens (tertiary/aromatic N) is 2. The SMILES string of the molecule is CCCC[C@H](NC(=O)[C@@H](N)CCN)C(=O)N[C@H]1CCC(=O)CCCNCCCC[C@@H](C(N)=O)NC(=O)[C@H](Cc2c[nH]c3ccccc23)NC(=O)[C@H](CCCN=C(N)N)NC(=O)[C@@H](Cc2ccccc2)NC(=O)[C@H](Cc2cccnc2)NC1=O. The lowest BCUT2D eigenvalue weighted by Gasteiger charge is -2.28. The fourth-order valence-corrected chi connectivity index (χ4v) is 9.54. The van der Waals surface area contributed by atoms with Gasteiger partial charge in [-0.25, -0.2) is 0 Å². The number of nitrogens with one attached hydrogen (secondary N) is 9. The Bertz CT molecular complexity index is 2790. The van der Waals surface area contributed by atoms with Gasteiger partial charge >= 0.3 is 0 Å². The van der Waals surface area contributed by atoms with Gasteiger partial charge in [0.1, 0.15) is 48.1 Å². The van der Waals surface area contributed by atoms with E-state index in [0.29, 0.717) is 61.9 Å². The summed E-state index contributed by atoms with van der Waals surface area (Å²) in [7, 11) is 0. The lowest BCUT2D eigenvalue weighted by molar-refractivity contribution is -0.136. The summed E-state index contributed by atoms with van der Waals surface area (Å²) in [4.78, 5) is 139. The van der Waals surface area contributed by atoms with Crippen LogP contribution in [0.25, 0.3) is 10.9 Å². The number of carbonyl (C=O) groups excluding carboxylic acids is 9. The zero-order valence-corrected chi connectivity index (χ0v) is 47.3. The number of carbonyl (C=O) groups is 9. The van der Waals surface area contributed by atoms with Gasteiger partial charge in [0.25, 0.3) is 0 Å². The molecule has 0 saturated carbocycles. The molecule has 19 N–H and O–H groups in total. The first-order valence-corrected chi connectivity index (χ1v) is 28.6. The number of benzene rings is 2. The number of primary amides is 1. The summed E-state index contributed by atoms with van der Waals surface area (Å²) in [5.74, 6) is -6.48. The maximum Gasteiger partial charge on any atom is 0.243 e. The monoisotopic (exact) mass is 1150 g/mol. The Kier molecular flexibility index (Phi) is 27.5. The van der Waals surface area contributed by atoms with E-state index >= 15 is 0 Å². The highest BCUT2D eigenvalue weighted by Gasteiger charge is 2.35. The van der Waals surface area contributed by atoms with Crippen LogP contribution in [0.15, 0.2) is 90.3 Å². The molecule has 0 aliphatic carbocycles. The van der Waals surface area contributed by atoms with E-state index in [1.807, 2.05) is 31.2 Å². The van der Waals surface area contributed by atoms with Gasteiger partial charge in [-0.3, -0.25) is 53.1 Å². The molecule has 1 aliphatic heterocycles. The van der Waals surface area contributed by atoms with Crippen molar-refractivity contribution < 1.29 is 43.2 Å². The van der Waals surface area contributed by atoms with Crippen molar-refractivity contribution in [2.24, 2.45) is 33.7 Å². The average molecular weight is 1150 g/mol. The van der Waals surface area contributed by atoms with E-state index < -0.39 is 95.6 Å². The third-order valence-electron chi connectivity index (χ3n) is 14.2. The van der Waals surface area contributed by atoms with Gasteiger partial charge < -0.3 is 76.2 Å². The van der Waals surface area contributed by atoms with Crippen LogP contribution in [0.5, 0.6) is 0 Å². The first-order valence-electron chi connectivity index (χ1n) is 28.6. The van der Waals surface area contributed by atoms with Crippen molar-refractivity contribution in [3.63, 3.8) is 0 Å². The van der Waals surface area contributed by atoms with Crippen LogP contribution in [0.3, 0.4) is 0 Å². The van der Waals surface area contributed by atoms with Crippen molar-refractivity contribution in [3.05, 3.63) is 102 Å². The van der Waals surface area contributed by atoms with Crippen LogP contribution < -0.4 is 71.2 Å². The minimum atomic E-state index is -1.43. The van der Waals surface area contributed by atoms with Crippen LogP contribution in [-0.4, -0.2) is 143 Å². The molecule has 0 radical (unpaired) electrons. The standard InChI is InChI=1S/C58H84N16O9/c1-2-3-19-44(69-51(77)41(60)25-26-59)52(78)71-46-24-23-39(75)17-12-28-64-27-10-9-21-43(50(61)76)68-57(83)49(33-38-35-67-42-20-8-7-18-40(38)42)74-53(79)45(22-13-30-66-58(62)63)70-55(81)47(31-36-14-5-4-6-15-36)73-56(82)48(72-54(46)80)32-37-16-11-29-65-34-37/h4-8,11,14-16,18,20,29,34-35,41,43-49,64,67H,2-3,9-10,12-13,17,19,21-28,30-33,59-60H2,1H3,(H2,61,76)(H,68,83)(H,69,77)(H,70,81)(H,71,78)(H,72,80)(H,73,82)(H,74,79)(H4,62,63,66)/t41-,43-,44-,45-,46-,47+,48-,49-/m0/s1. The number of hydrogen-bond donors (Lipinski definition) is 14. The predicted octanol–water partition coefficient (Wildman–Crippen LogP) is -0.707. The summed E-state index contributed by atoms with van der Waals surface area (Å²) >= 11 is 0. The van der Waals surface area contributed by atoms with Crippen LogP contribution >= 0.6 is 0 Å². The molecule has 1 fully saturated rings. The number of Topliss-reactive ketones (excluding diaryl/α,β-unsaturated/α-hetero) is 1. The second-order valence-electron chi connectivity index (χ2n) is 20.9. The molecule has 8 amide bonds. The second kappa shape index (κ2) is 34.9. The highest BCUT2D eigenvalue weighted by molar-refractivity contribution is 5.98. The number of nitrogens with two attached hydrogens (primary N) is 5. The van der Waals surface area contributed by atoms with Crippen molar-refractivity contribution in [2.75, 3.05) is 26.2 Å². The summed E-state index contributed by atoms with van der Waals surface area (Å²) in [5.41, 5.74) is 31.4. The molecule has 3 heterocycles. The smallest absolute Gasteiger partial charge is 0.243 e. The molecular weight excluding hydrogens is 1060 g/mol. The maximum atomic E-state index is 14.9. The number of aromatic amines is 1. The van der Waals surface area contributed by atoms with E-state index in [2.05, 4.69) is 57.5 Å². The van der Waals surface area contributed by atoms with Gasteiger partial charge in [-0.05, 0) is 106 Å². The van der Waals surface area contributed by atoms with E-state index in [1.165, 1.54) is 12.4 Å². The summed E-state index contributed by atoms with van der Waals surface area (Å²) in [5, 5.41) is 23.5. The Morgan fingerprint density at radius 2 is 1.33 bits per heavy atom. The van der Waals surface area contributed by atoms with Crippen molar-refractivity contribution in [1.82, 2.24) is 52.5 Å². The number of fused-ring (bicyclic) bond motifs is 1. The van der Waals surface area contributed by atoms with Gasteiger partial charge in [-0.15, -0.1) is 0 Å². The highest BCUT2D eigenvalue weighted by Crippen LogP contribution is 2.20. The number of H-pyrrole nitrogens is 1. The first kappa shape index (κ1) is 65.5. The lowest BCUT2D eigenvalue weighted by atomic mass is 10.0. The molecule has 4 aromatic rings. The van der Waals surface area contributed by atoms with Gasteiger partial charge in [-0.1, -0.05) is 74.4 Å². The largest absolute Gasteiger partial charge is 0.370 e. The minimum absolute atomic E-state index is 0.0463. The molecule has 25 heteroatoms. The number of hydrogen-bond acceptors (Lipinski definition) is 14. The number of rotatable bonds is 20. The van der Waals surface area contributed by atoms with Crippen LogP contribution in [-0.2, 0) is 62.4 Å². The molecule has 1 saturated heterocycles. The number of aliphatic imine (C=N–C) groups is 1. The molecule has 5 rings (SSSR count). The molecule has 0 spiro atoms. The summed E-state index contributed by atoms with van der Waals surface area (Å²) in [6.07, 6.45) is 7.55. The first-order chi connectivity index (χ1) is 40.0. The van der Waals surface area contributed by atoms with Crippen molar-refractivity contribution in [1.29, 1.82) is 0 Å². The fraction of sp³-hybridized carbons (Fsp3) is 0.500. The predicted molar refractivity (Wildman–Crippen MR) is 314 cm³/mol. The number of para-hydroxylation sites is 1. The van der Waals surface area contributed by atoms with Crippen LogP contribution in [0, 0.1) is 0 Å². The minimum Gasteiger partial charge on any atom is -0.370 e. The number of guanidine groups is 1. The van der Waals surface area contributed by atoms with E-state index in [0.717, 1.165) is 10.9 Å². The number of unbranched alkanes of at least 4 members (excludes halogenated alkanes) is 1. The highest BCUT2D eigenvalue weighted by atomic mass is 16.2. The topological polar surface area (TPSA) is 421 Å². The number of amides is 8. The molecule has 8 atom stereocenters. The quantitative estimate of drug-likeness (QED) is 0.0295. The van der Waals surface area contributed by atoms with Gasteiger partial charge in [0.15, 0.2) is 5.96 Å². The maximum absolute atomic E-state index is 14.9. The van der Waals surface area contributed by atoms with Crippen LogP contribution in [0.4, 0.5) is 0 Å². The molecular formula is C58H84N16O9. The van der Waals surface area contributed by atoms with Gasteiger partial charge in [0.05, 0.1) is 6.04 Å². The molecule has 2 aromatic carbocycles. The van der Waals surface area contributed by atoms with Crippen LogP contribution in [0.2, 0.25) is 0 Å².